The third-order valence-corrected chi connectivity index (χ3v) is 4.48. The normalized spacial score (nSPS) is 10.9. The predicted octanol–water partition coefficient (Wildman–Crippen LogP) is 4.39. The molecule has 4 aromatic rings. The zero-order valence-electron chi connectivity index (χ0n) is 15.0. The van der Waals surface area contributed by atoms with Crippen LogP contribution in [0.2, 0.25) is 0 Å². The molecule has 0 unspecified atom stereocenters. The molecule has 0 aliphatic rings. The van der Waals surface area contributed by atoms with E-state index in [1.807, 2.05) is 42.5 Å². The lowest BCUT2D eigenvalue weighted by atomic mass is 9.99. The summed E-state index contributed by atoms with van der Waals surface area (Å²) >= 11 is 0. The quantitative estimate of drug-likeness (QED) is 0.504. The Bertz CT molecular complexity index is 1120. The molecular weight excluding hydrogens is 344 g/mol. The van der Waals surface area contributed by atoms with Crippen LogP contribution in [-0.4, -0.2) is 29.9 Å². The summed E-state index contributed by atoms with van der Waals surface area (Å²) in [5.74, 6) is 1.56. The maximum Gasteiger partial charge on any atom is 0.419 e. The number of rotatable bonds is 4. The van der Waals surface area contributed by atoms with E-state index in [2.05, 4.69) is 4.98 Å². The van der Waals surface area contributed by atoms with Gasteiger partial charge in [-0.1, -0.05) is 36.4 Å². The van der Waals surface area contributed by atoms with Crippen LogP contribution in [0.15, 0.2) is 61.2 Å². The van der Waals surface area contributed by atoms with Crippen molar-refractivity contribution in [1.82, 2.24) is 9.55 Å². The highest BCUT2D eigenvalue weighted by atomic mass is 16.5. The Hall–Kier alpha value is -3.54. The highest BCUT2D eigenvalue weighted by Crippen LogP contribution is 2.42. The minimum atomic E-state index is -0.476. The molecule has 27 heavy (non-hydrogen) atoms. The van der Waals surface area contributed by atoms with E-state index in [0.29, 0.717) is 0 Å². The summed E-state index contributed by atoms with van der Waals surface area (Å²) in [5, 5.41) is 3.81. The topological polar surface area (TPSA) is 62.6 Å². The smallest absolute Gasteiger partial charge is 0.419 e. The van der Waals surface area contributed by atoms with Gasteiger partial charge >= 0.3 is 6.09 Å². The molecule has 0 N–H and O–H groups in total. The molecule has 4 rings (SSSR count). The van der Waals surface area contributed by atoms with Crippen molar-refractivity contribution in [3.8, 4) is 11.5 Å². The molecule has 6 heteroatoms. The van der Waals surface area contributed by atoms with Crippen molar-refractivity contribution >= 4 is 27.6 Å². The van der Waals surface area contributed by atoms with Crippen LogP contribution in [0.5, 0.6) is 11.5 Å². The van der Waals surface area contributed by atoms with Gasteiger partial charge in [0.1, 0.15) is 24.4 Å². The molecule has 0 amide bonds. The lowest BCUT2D eigenvalue weighted by Crippen LogP contribution is -2.11. The second-order valence-electron chi connectivity index (χ2n) is 6.02. The number of hydrogen-bond acceptors (Lipinski definition) is 5. The van der Waals surface area contributed by atoms with Gasteiger partial charge in [0.05, 0.1) is 14.2 Å². The summed E-state index contributed by atoms with van der Waals surface area (Å²) in [4.78, 5) is 15.8. The fraction of sp³-hybridized carbons (Fsp3) is 0.143. The lowest BCUT2D eigenvalue weighted by Gasteiger charge is -2.16. The zero-order valence-corrected chi connectivity index (χ0v) is 15.0. The number of carbonyl (C=O) groups is 1. The molecule has 0 bridgehead atoms. The molecule has 0 radical (unpaired) electrons. The number of ether oxygens (including phenoxy) is 3. The molecule has 1 heterocycles. The van der Waals surface area contributed by atoms with Crippen LogP contribution in [0.25, 0.3) is 21.5 Å². The average Bonchev–Trinajstić information content (AvgIpc) is 3.25. The van der Waals surface area contributed by atoms with E-state index in [1.54, 1.807) is 20.4 Å². The second kappa shape index (κ2) is 6.99. The molecule has 0 fully saturated rings. The van der Waals surface area contributed by atoms with Gasteiger partial charge in [-0.2, -0.15) is 0 Å². The van der Waals surface area contributed by atoms with E-state index >= 15 is 0 Å². The molecule has 3 aromatic carbocycles. The van der Waals surface area contributed by atoms with E-state index < -0.39 is 6.09 Å². The van der Waals surface area contributed by atoms with Crippen molar-refractivity contribution in [3.05, 3.63) is 66.7 Å². The lowest BCUT2D eigenvalue weighted by molar-refractivity contribution is 0.141. The first-order valence-corrected chi connectivity index (χ1v) is 8.43. The molecule has 0 saturated heterocycles. The van der Waals surface area contributed by atoms with Gasteiger partial charge < -0.3 is 14.2 Å². The maximum absolute atomic E-state index is 12.0. The van der Waals surface area contributed by atoms with Crippen molar-refractivity contribution in [2.45, 2.75) is 6.61 Å². The Morgan fingerprint density at radius 2 is 1.63 bits per heavy atom. The van der Waals surface area contributed by atoms with E-state index in [1.165, 1.54) is 17.1 Å². The first-order chi connectivity index (χ1) is 13.2. The first kappa shape index (κ1) is 16.9. The van der Waals surface area contributed by atoms with Crippen molar-refractivity contribution in [1.29, 1.82) is 0 Å². The number of imidazole rings is 1. The van der Waals surface area contributed by atoms with Gasteiger partial charge in [-0.15, -0.1) is 0 Å². The molecule has 0 aliphatic heterocycles. The van der Waals surface area contributed by atoms with Gasteiger partial charge in [0.15, 0.2) is 0 Å². The minimum Gasteiger partial charge on any atom is -0.495 e. The highest BCUT2D eigenvalue weighted by Gasteiger charge is 2.15. The van der Waals surface area contributed by atoms with Gasteiger partial charge in [-0.3, -0.25) is 0 Å². The van der Waals surface area contributed by atoms with Crippen molar-refractivity contribution < 1.29 is 19.0 Å². The molecule has 136 valence electrons. The Balaban J connectivity index is 1.77. The number of hydrogen-bond donors (Lipinski definition) is 0. The summed E-state index contributed by atoms with van der Waals surface area (Å²) in [5.41, 5.74) is 0.853. The number of methoxy groups -OCH3 is 2. The van der Waals surface area contributed by atoms with Crippen LogP contribution in [-0.2, 0) is 11.3 Å². The van der Waals surface area contributed by atoms with Gasteiger partial charge in [0.25, 0.3) is 0 Å². The van der Waals surface area contributed by atoms with Gasteiger partial charge in [-0.25, -0.2) is 14.3 Å². The average molecular weight is 362 g/mol. The van der Waals surface area contributed by atoms with Crippen LogP contribution >= 0.6 is 0 Å². The van der Waals surface area contributed by atoms with Crippen LogP contribution < -0.4 is 9.47 Å². The molecule has 0 atom stereocenters. The Kier molecular flexibility index (Phi) is 4.38. The summed E-state index contributed by atoms with van der Waals surface area (Å²) in [6.45, 7) is 0.144. The van der Waals surface area contributed by atoms with Crippen LogP contribution in [0.1, 0.15) is 5.56 Å². The van der Waals surface area contributed by atoms with Crippen molar-refractivity contribution in [2.24, 2.45) is 0 Å². The van der Waals surface area contributed by atoms with Gasteiger partial charge in [0.2, 0.25) is 0 Å². The molecule has 1 aromatic heterocycles. The van der Waals surface area contributed by atoms with E-state index in [9.17, 15) is 4.79 Å². The van der Waals surface area contributed by atoms with E-state index in [4.69, 9.17) is 14.2 Å². The summed E-state index contributed by atoms with van der Waals surface area (Å²) in [7, 11) is 3.31. The SMILES string of the molecule is COc1c2ccccc2c(OC)c2cc(COC(=O)n3ccnc3)ccc12. The van der Waals surface area contributed by atoms with E-state index in [-0.39, 0.29) is 6.61 Å². The van der Waals surface area contributed by atoms with Gasteiger partial charge in [0, 0.05) is 33.9 Å². The molecule has 0 aliphatic carbocycles. The number of carbonyl (C=O) groups excluding carboxylic acids is 1. The highest BCUT2D eigenvalue weighted by molar-refractivity contribution is 6.11. The first-order valence-electron chi connectivity index (χ1n) is 8.43. The van der Waals surface area contributed by atoms with E-state index in [0.717, 1.165) is 38.6 Å². The molecular formula is C21H18N2O4. The summed E-state index contributed by atoms with van der Waals surface area (Å²) < 4.78 is 18.0. The number of nitrogens with zero attached hydrogens (tertiary/aromatic N) is 2. The Labute approximate surface area is 155 Å². The monoisotopic (exact) mass is 362 g/mol. The van der Waals surface area contributed by atoms with Crippen LogP contribution in [0.3, 0.4) is 0 Å². The maximum atomic E-state index is 12.0. The molecule has 6 nitrogen and oxygen atoms in total. The second-order valence-corrected chi connectivity index (χ2v) is 6.02. The third-order valence-electron chi connectivity index (χ3n) is 4.48. The fourth-order valence-electron chi connectivity index (χ4n) is 3.26. The van der Waals surface area contributed by atoms with Gasteiger partial charge in [-0.05, 0) is 11.6 Å². The Morgan fingerprint density at radius 1 is 0.963 bits per heavy atom. The Morgan fingerprint density at radius 3 is 2.26 bits per heavy atom. The fourth-order valence-corrected chi connectivity index (χ4v) is 3.26. The number of benzene rings is 3. The third kappa shape index (κ3) is 2.95. The van der Waals surface area contributed by atoms with Crippen molar-refractivity contribution in [3.63, 3.8) is 0 Å². The number of fused-ring (bicyclic) bond motifs is 2. The minimum absolute atomic E-state index is 0.144. The number of aromatic nitrogens is 2. The predicted molar refractivity (Wildman–Crippen MR) is 102 cm³/mol. The molecule has 0 spiro atoms. The van der Waals surface area contributed by atoms with Crippen LogP contribution in [0, 0.1) is 0 Å². The zero-order chi connectivity index (χ0) is 18.8. The molecule has 0 saturated carbocycles. The summed E-state index contributed by atoms with van der Waals surface area (Å²) in [6, 6.07) is 13.8. The van der Waals surface area contributed by atoms with Crippen molar-refractivity contribution in [2.75, 3.05) is 14.2 Å². The summed E-state index contributed by atoms with van der Waals surface area (Å²) in [6.07, 6.45) is 4.00. The largest absolute Gasteiger partial charge is 0.495 e. The van der Waals surface area contributed by atoms with Crippen LogP contribution in [0.4, 0.5) is 4.79 Å². The standard InChI is InChI=1S/C21H18N2O4/c1-25-19-15-5-3-4-6-16(15)20(26-2)18-11-14(7-8-17(18)19)12-27-21(24)23-10-9-22-13-23/h3-11,13H,12H2,1-2H3.